The van der Waals surface area contributed by atoms with Crippen molar-refractivity contribution >= 4 is 37.8 Å². The van der Waals surface area contributed by atoms with Crippen molar-refractivity contribution in [2.24, 2.45) is 0 Å². The van der Waals surface area contributed by atoms with Gasteiger partial charge in [-0.25, -0.2) is 4.79 Å². The Balaban J connectivity index is 1.88. The van der Waals surface area contributed by atoms with Gasteiger partial charge in [0.2, 0.25) is 0 Å². The Morgan fingerprint density at radius 3 is 2.28 bits per heavy atom. The number of carbonyl (C=O) groups is 1. The van der Waals surface area contributed by atoms with Crippen molar-refractivity contribution in [1.29, 1.82) is 0 Å². The zero-order valence-corrected chi connectivity index (χ0v) is 22.0. The number of fused-ring (bicyclic) bond motifs is 1. The minimum absolute atomic E-state index is 0.151. The molecular weight excluding hydrogens is 421 g/mol. The first-order valence-corrected chi connectivity index (χ1v) is 14.3. The summed E-state index contributed by atoms with van der Waals surface area (Å²) in [6.07, 6.45) is 1.39. The van der Waals surface area contributed by atoms with Crippen LogP contribution in [0.5, 0.6) is 0 Å². The second kappa shape index (κ2) is 8.31. The van der Waals surface area contributed by atoms with Crippen LogP contribution in [0, 0.1) is 0 Å². The Labute approximate surface area is 193 Å². The first-order valence-electron chi connectivity index (χ1n) is 11.4. The number of H-pyrrole nitrogens is 1. The van der Waals surface area contributed by atoms with Crippen LogP contribution in [0.15, 0.2) is 18.2 Å². The van der Waals surface area contributed by atoms with Crippen molar-refractivity contribution in [3.05, 3.63) is 29.5 Å². The van der Waals surface area contributed by atoms with Gasteiger partial charge in [0, 0.05) is 23.0 Å². The lowest BCUT2D eigenvalue weighted by Crippen LogP contribution is -2.41. The number of para-hydroxylation sites is 1. The third kappa shape index (κ3) is 4.55. The minimum Gasteiger partial charge on any atom is -0.477 e. The van der Waals surface area contributed by atoms with E-state index in [1.807, 2.05) is 45.9 Å². The molecule has 2 N–H and O–H groups in total. The number of aromatic amines is 1. The van der Waals surface area contributed by atoms with Gasteiger partial charge in [-0.1, -0.05) is 39.0 Å². The minimum atomic E-state index is -1.83. The van der Waals surface area contributed by atoms with Gasteiger partial charge in [-0.3, -0.25) is 0 Å². The highest BCUT2D eigenvalue weighted by Crippen LogP contribution is 2.38. The van der Waals surface area contributed by atoms with Crippen LogP contribution in [0.2, 0.25) is 18.1 Å². The lowest BCUT2D eigenvalue weighted by molar-refractivity contribution is 0.00578. The van der Waals surface area contributed by atoms with Gasteiger partial charge in [-0.2, -0.15) is 0 Å². The molecule has 1 saturated heterocycles. The van der Waals surface area contributed by atoms with Gasteiger partial charge in [-0.05, 0) is 64.2 Å². The van der Waals surface area contributed by atoms with E-state index in [4.69, 9.17) is 13.7 Å². The van der Waals surface area contributed by atoms with Gasteiger partial charge < -0.3 is 23.8 Å². The fourth-order valence-electron chi connectivity index (χ4n) is 3.70. The number of benzene rings is 1. The highest BCUT2D eigenvalue weighted by molar-refractivity contribution is 6.74. The third-order valence-corrected chi connectivity index (χ3v) is 12.1. The number of carboxylic acids is 1. The molecule has 1 fully saturated rings. The van der Waals surface area contributed by atoms with Crippen molar-refractivity contribution < 1.29 is 23.6 Å². The molecule has 3 rings (SSSR count). The lowest BCUT2D eigenvalue weighted by Gasteiger charge is -2.36. The predicted octanol–water partition coefficient (Wildman–Crippen LogP) is 5.12. The van der Waals surface area contributed by atoms with Crippen LogP contribution in [-0.2, 0) is 20.2 Å². The molecule has 1 aromatic heterocycles. The molecule has 32 heavy (non-hydrogen) atoms. The van der Waals surface area contributed by atoms with Crippen molar-refractivity contribution in [1.82, 2.24) is 4.98 Å². The molecular formula is C24H38BNO5Si. The molecule has 0 bridgehead atoms. The van der Waals surface area contributed by atoms with Crippen LogP contribution in [0.25, 0.3) is 10.9 Å². The largest absolute Gasteiger partial charge is 0.497 e. The SMILES string of the molecule is CC1(C)OB(c2cccc3c(CCCO[Si](C)(C)C(C)(C)C)c(C(=O)O)[nH]c23)OC1(C)C. The Bertz CT molecular complexity index is 990. The Hall–Kier alpha value is -1.61. The van der Waals surface area contributed by atoms with E-state index in [9.17, 15) is 9.90 Å². The van der Waals surface area contributed by atoms with Crippen LogP contribution in [0.3, 0.4) is 0 Å². The molecule has 0 radical (unpaired) electrons. The molecule has 0 unspecified atom stereocenters. The predicted molar refractivity (Wildman–Crippen MR) is 132 cm³/mol. The molecule has 6 nitrogen and oxygen atoms in total. The number of aromatic nitrogens is 1. The van der Waals surface area contributed by atoms with Crippen LogP contribution < -0.4 is 5.46 Å². The van der Waals surface area contributed by atoms with Gasteiger partial charge in [0.05, 0.1) is 11.2 Å². The molecule has 2 heterocycles. The Morgan fingerprint density at radius 1 is 1.16 bits per heavy atom. The second-order valence-corrected chi connectivity index (χ2v) is 16.2. The topological polar surface area (TPSA) is 80.8 Å². The van der Waals surface area contributed by atoms with E-state index < -0.39 is 32.6 Å². The summed E-state index contributed by atoms with van der Waals surface area (Å²) in [6, 6.07) is 5.85. The number of rotatable bonds is 7. The number of nitrogens with one attached hydrogen (secondary N) is 1. The number of aromatic carboxylic acids is 1. The number of hydrogen-bond acceptors (Lipinski definition) is 4. The van der Waals surface area contributed by atoms with Crippen LogP contribution in [0.1, 0.15) is 70.9 Å². The van der Waals surface area contributed by atoms with E-state index in [0.717, 1.165) is 28.4 Å². The average Bonchev–Trinajstić information content (AvgIpc) is 3.12. The smallest absolute Gasteiger partial charge is 0.477 e. The summed E-state index contributed by atoms with van der Waals surface area (Å²) in [4.78, 5) is 15.2. The first kappa shape index (κ1) is 25.0. The molecule has 8 heteroatoms. The van der Waals surface area contributed by atoms with Crippen LogP contribution >= 0.6 is 0 Å². The maximum atomic E-state index is 12.0. The summed E-state index contributed by atoms with van der Waals surface area (Å²) < 4.78 is 18.8. The molecule has 0 saturated carbocycles. The van der Waals surface area contributed by atoms with Crippen molar-refractivity contribution in [3.8, 4) is 0 Å². The monoisotopic (exact) mass is 459 g/mol. The molecule has 2 aromatic rings. The quantitative estimate of drug-likeness (QED) is 0.444. The first-order chi connectivity index (χ1) is 14.6. The fraction of sp³-hybridized carbons (Fsp3) is 0.625. The fourth-order valence-corrected chi connectivity index (χ4v) is 4.79. The van der Waals surface area contributed by atoms with Crippen LogP contribution in [-0.4, -0.2) is 49.3 Å². The van der Waals surface area contributed by atoms with Gasteiger partial charge in [0.1, 0.15) is 5.69 Å². The van der Waals surface area contributed by atoms with E-state index in [1.165, 1.54) is 0 Å². The second-order valence-electron chi connectivity index (χ2n) is 11.4. The zero-order valence-electron chi connectivity index (χ0n) is 21.0. The maximum absolute atomic E-state index is 12.0. The van der Waals surface area contributed by atoms with Gasteiger partial charge >= 0.3 is 13.1 Å². The Morgan fingerprint density at radius 2 is 1.75 bits per heavy atom. The highest BCUT2D eigenvalue weighted by atomic mass is 28.4. The summed E-state index contributed by atoms with van der Waals surface area (Å²) in [5.41, 5.74) is 1.70. The third-order valence-electron chi connectivity index (χ3n) is 7.53. The average molecular weight is 459 g/mol. The number of hydrogen-bond donors (Lipinski definition) is 2. The van der Waals surface area contributed by atoms with Gasteiger partial charge in [0.15, 0.2) is 8.32 Å². The number of carboxylic acid groups (broad SMARTS) is 1. The van der Waals surface area contributed by atoms with Crippen molar-refractivity contribution in [3.63, 3.8) is 0 Å². The van der Waals surface area contributed by atoms with Gasteiger partial charge in [-0.15, -0.1) is 0 Å². The van der Waals surface area contributed by atoms with Gasteiger partial charge in [0.25, 0.3) is 0 Å². The van der Waals surface area contributed by atoms with E-state index in [0.29, 0.717) is 13.0 Å². The van der Waals surface area contributed by atoms with E-state index >= 15 is 0 Å². The van der Waals surface area contributed by atoms with Crippen molar-refractivity contribution in [2.45, 2.75) is 90.6 Å². The lowest BCUT2D eigenvalue weighted by atomic mass is 9.77. The zero-order chi connectivity index (χ0) is 24.1. The molecule has 1 aromatic carbocycles. The molecule has 0 spiro atoms. The molecule has 0 aliphatic carbocycles. The number of aryl methyl sites for hydroxylation is 1. The molecule has 0 amide bonds. The summed E-state index contributed by atoms with van der Waals surface area (Å²) in [5, 5.41) is 10.9. The summed E-state index contributed by atoms with van der Waals surface area (Å²) >= 11 is 0. The maximum Gasteiger partial charge on any atom is 0.497 e. The molecule has 1 aliphatic heterocycles. The molecule has 176 valence electrons. The van der Waals surface area contributed by atoms with Crippen LogP contribution in [0.4, 0.5) is 0 Å². The molecule has 0 atom stereocenters. The van der Waals surface area contributed by atoms with E-state index in [-0.39, 0.29) is 10.7 Å². The normalized spacial score (nSPS) is 18.5. The van der Waals surface area contributed by atoms with E-state index in [2.05, 4.69) is 38.8 Å². The van der Waals surface area contributed by atoms with E-state index in [1.54, 1.807) is 0 Å². The summed E-state index contributed by atoms with van der Waals surface area (Å²) in [7, 11) is -2.38. The summed E-state index contributed by atoms with van der Waals surface area (Å²) in [6.45, 7) is 19.8. The Kier molecular flexibility index (Phi) is 6.50. The standard InChI is InChI=1S/C24H38BNO5Si/c1-22(2,3)32(8,9)29-15-11-13-17-16-12-10-14-18(19(16)26-20(17)21(27)28)25-30-23(4,5)24(6,7)31-25/h10,12,14,26H,11,13,15H2,1-9H3,(H,27,28). The summed E-state index contributed by atoms with van der Waals surface area (Å²) in [5.74, 6) is -0.957. The van der Waals surface area contributed by atoms with Crippen molar-refractivity contribution in [2.75, 3.05) is 6.61 Å². The molecule has 1 aliphatic rings. The highest BCUT2D eigenvalue weighted by Gasteiger charge is 2.52.